The van der Waals surface area contributed by atoms with E-state index in [1.165, 1.54) is 32.1 Å². The molecule has 0 amide bonds. The minimum absolute atomic E-state index is 0.0548. The first-order valence-corrected chi connectivity index (χ1v) is 17.1. The minimum Gasteiger partial charge on any atom is -0.494 e. The van der Waals surface area contributed by atoms with Gasteiger partial charge < -0.3 is 19.3 Å². The van der Waals surface area contributed by atoms with Crippen molar-refractivity contribution in [2.24, 2.45) is 29.6 Å². The number of hydrogen-bond acceptors (Lipinski definition) is 6. The van der Waals surface area contributed by atoms with Crippen molar-refractivity contribution in [2.45, 2.75) is 120 Å². The molecule has 0 aliphatic heterocycles. The lowest BCUT2D eigenvalue weighted by atomic mass is 9.83. The van der Waals surface area contributed by atoms with Crippen LogP contribution in [-0.2, 0) is 28.6 Å². The van der Waals surface area contributed by atoms with Crippen LogP contribution in [0, 0.1) is 29.6 Å². The lowest BCUT2D eigenvalue weighted by molar-refractivity contribution is -0.168. The molecule has 2 aliphatic carbocycles. The maximum absolute atomic E-state index is 12.5. The highest BCUT2D eigenvalue weighted by atomic mass is 16.6. The molecule has 0 spiro atoms. The van der Waals surface area contributed by atoms with Crippen molar-refractivity contribution in [3.8, 4) is 0 Å². The summed E-state index contributed by atoms with van der Waals surface area (Å²) in [6.07, 6.45) is 17.9. The average molecular weight is 635 g/mol. The first-order valence-electron chi connectivity index (χ1n) is 17.1. The predicted octanol–water partition coefficient (Wildman–Crippen LogP) is 9.89. The van der Waals surface area contributed by atoms with Gasteiger partial charge in [0.1, 0.15) is 13.2 Å². The molecule has 7 nitrogen and oxygen atoms in total. The first-order chi connectivity index (χ1) is 21.6. The van der Waals surface area contributed by atoms with Crippen LogP contribution in [0.2, 0.25) is 0 Å². The Morgan fingerprint density at radius 2 is 1.44 bits per heavy atom. The van der Waals surface area contributed by atoms with Crippen LogP contribution in [0.4, 0.5) is 0 Å². The van der Waals surface area contributed by atoms with Gasteiger partial charge in [0, 0.05) is 6.08 Å². The third kappa shape index (κ3) is 21.3. The lowest BCUT2D eigenvalue weighted by Gasteiger charge is -2.26. The minimum atomic E-state index is -1.05. The first kappa shape index (κ1) is 46.3. The second kappa shape index (κ2) is 30.9. The van der Waals surface area contributed by atoms with Crippen LogP contribution in [0.15, 0.2) is 61.4 Å². The number of ether oxygens (including phenoxy) is 3. The van der Waals surface area contributed by atoms with Gasteiger partial charge in [-0.25, -0.2) is 4.79 Å². The average Bonchev–Trinajstić information content (AvgIpc) is 3.43. The van der Waals surface area contributed by atoms with E-state index in [1.54, 1.807) is 43.4 Å². The van der Waals surface area contributed by atoms with Gasteiger partial charge in [-0.1, -0.05) is 132 Å². The molecule has 45 heavy (non-hydrogen) atoms. The van der Waals surface area contributed by atoms with Crippen molar-refractivity contribution in [1.29, 1.82) is 0 Å². The van der Waals surface area contributed by atoms with Crippen molar-refractivity contribution < 1.29 is 33.7 Å². The fourth-order valence-electron chi connectivity index (χ4n) is 5.10. The molecule has 0 bridgehead atoms. The standard InChI is InChI=1S/C21H26O7.C10H20.C3H8.2C2H6/c1-4-6-7-10-15(3)26-13-16(14-27-19(22)5-2)28-21(25)18-12-9-8-11-17(18)20(23)24;1-4-9-7-6-8(3)10(9)5-2;1-3-2;2*1-2/h4-10,16-18H,1-2,11-14H2,3H3,(H,23,24);8-10H,4-7H2,1-3H3;3H2,1-2H3;2*1-2H3/b7-6-,15-10+;;;;. The number of hydrogen-bond donors (Lipinski definition) is 1. The molecule has 2 rings (SSSR count). The van der Waals surface area contributed by atoms with E-state index >= 15 is 0 Å². The van der Waals surface area contributed by atoms with Crippen LogP contribution >= 0.6 is 0 Å². The Balaban J connectivity index is -0.000000851. The Hall–Kier alpha value is -3.09. The highest BCUT2D eigenvalue weighted by Crippen LogP contribution is 2.40. The molecule has 0 radical (unpaired) electrons. The summed E-state index contributed by atoms with van der Waals surface area (Å²) in [6, 6.07) is 0. The lowest BCUT2D eigenvalue weighted by Crippen LogP contribution is -2.37. The van der Waals surface area contributed by atoms with Gasteiger partial charge in [0.25, 0.3) is 0 Å². The third-order valence-electron chi connectivity index (χ3n) is 7.31. The molecule has 6 atom stereocenters. The Morgan fingerprint density at radius 3 is 1.91 bits per heavy atom. The smallest absolute Gasteiger partial charge is 0.330 e. The van der Waals surface area contributed by atoms with E-state index in [2.05, 4.69) is 47.8 Å². The number of esters is 2. The van der Waals surface area contributed by atoms with Crippen LogP contribution in [-0.4, -0.2) is 42.3 Å². The van der Waals surface area contributed by atoms with E-state index in [0.29, 0.717) is 5.76 Å². The second-order valence-corrected chi connectivity index (χ2v) is 10.6. The number of rotatable bonds is 13. The van der Waals surface area contributed by atoms with E-state index in [9.17, 15) is 19.5 Å². The maximum atomic E-state index is 12.5. The molecule has 7 heteroatoms. The summed E-state index contributed by atoms with van der Waals surface area (Å²) in [5, 5.41) is 9.31. The highest BCUT2D eigenvalue weighted by molar-refractivity contribution is 5.82. The van der Waals surface area contributed by atoms with Crippen LogP contribution in [0.5, 0.6) is 0 Å². The Morgan fingerprint density at radius 1 is 0.889 bits per heavy atom. The zero-order valence-electron chi connectivity index (χ0n) is 30.2. The van der Waals surface area contributed by atoms with Gasteiger partial charge in [0.2, 0.25) is 0 Å². The monoisotopic (exact) mass is 634 g/mol. The molecule has 1 saturated carbocycles. The maximum Gasteiger partial charge on any atom is 0.330 e. The van der Waals surface area contributed by atoms with Crippen molar-refractivity contribution in [1.82, 2.24) is 0 Å². The predicted molar refractivity (Wildman–Crippen MR) is 188 cm³/mol. The van der Waals surface area contributed by atoms with E-state index in [-0.39, 0.29) is 26.1 Å². The van der Waals surface area contributed by atoms with Gasteiger partial charge in [-0.15, -0.1) is 0 Å². The molecule has 0 aromatic heterocycles. The largest absolute Gasteiger partial charge is 0.494 e. The SMILES string of the molecule is C=C/C=C\C=C(/C)OCC(COC(=O)C=C)OC(=O)C1CC=CCC1C(=O)O.CC.CC.CCC.CCC1CCC(C)C1CC. The van der Waals surface area contributed by atoms with Crippen LogP contribution in [0.25, 0.3) is 0 Å². The molecule has 0 saturated heterocycles. The summed E-state index contributed by atoms with van der Waals surface area (Å²) in [4.78, 5) is 35.2. The molecule has 2 aliphatic rings. The summed E-state index contributed by atoms with van der Waals surface area (Å²) >= 11 is 0. The third-order valence-corrected chi connectivity index (χ3v) is 7.31. The van der Waals surface area contributed by atoms with Crippen molar-refractivity contribution >= 4 is 17.9 Å². The second-order valence-electron chi connectivity index (χ2n) is 10.6. The fraction of sp³-hybridized carbons (Fsp3) is 0.658. The molecule has 260 valence electrons. The van der Waals surface area contributed by atoms with Crippen molar-refractivity contribution in [2.75, 3.05) is 13.2 Å². The topological polar surface area (TPSA) is 99.1 Å². The Kier molecular flexibility index (Phi) is 31.8. The van der Waals surface area contributed by atoms with Gasteiger partial charge in [-0.05, 0) is 50.0 Å². The van der Waals surface area contributed by atoms with Crippen molar-refractivity contribution in [3.05, 3.63) is 61.4 Å². The van der Waals surface area contributed by atoms with Crippen molar-refractivity contribution in [3.63, 3.8) is 0 Å². The Bertz CT molecular complexity index is 887. The molecular weight excluding hydrogens is 568 g/mol. The normalized spacial score (nSPS) is 22.3. The van der Waals surface area contributed by atoms with E-state index in [1.807, 2.05) is 27.7 Å². The zero-order chi connectivity index (χ0) is 35.2. The molecule has 6 unspecified atom stereocenters. The molecular formula is C38H66O7. The van der Waals surface area contributed by atoms with Gasteiger partial charge in [-0.2, -0.15) is 0 Å². The fourth-order valence-corrected chi connectivity index (χ4v) is 5.10. The van der Waals surface area contributed by atoms with Gasteiger partial charge in [-0.3, -0.25) is 9.59 Å². The zero-order valence-corrected chi connectivity index (χ0v) is 30.2. The number of aliphatic carboxylic acids is 1. The molecule has 0 aromatic rings. The number of carbonyl (C=O) groups excluding carboxylic acids is 2. The summed E-state index contributed by atoms with van der Waals surface area (Å²) in [7, 11) is 0. The summed E-state index contributed by atoms with van der Waals surface area (Å²) < 4.78 is 15.9. The summed E-state index contributed by atoms with van der Waals surface area (Å²) in [6.45, 7) is 27.6. The molecule has 1 fully saturated rings. The Labute approximate surface area is 275 Å². The van der Waals surface area contributed by atoms with E-state index < -0.39 is 35.8 Å². The quantitative estimate of drug-likeness (QED) is 0.0708. The number of allylic oxidation sites excluding steroid dienone is 7. The van der Waals surface area contributed by atoms with E-state index in [0.717, 1.165) is 23.8 Å². The number of carbonyl (C=O) groups is 3. The van der Waals surface area contributed by atoms with Crippen LogP contribution in [0.3, 0.4) is 0 Å². The van der Waals surface area contributed by atoms with Gasteiger partial charge in [0.05, 0.1) is 17.6 Å². The highest BCUT2D eigenvalue weighted by Gasteiger charge is 2.36. The summed E-state index contributed by atoms with van der Waals surface area (Å²) in [5.74, 6) is -0.352. The van der Waals surface area contributed by atoms with Crippen LogP contribution < -0.4 is 0 Å². The number of carboxylic acid groups (broad SMARTS) is 1. The number of carboxylic acids is 1. The molecule has 0 aromatic carbocycles. The van der Waals surface area contributed by atoms with Crippen LogP contribution in [0.1, 0.15) is 114 Å². The van der Waals surface area contributed by atoms with Gasteiger partial charge in [0.15, 0.2) is 6.10 Å². The molecule has 1 N–H and O–H groups in total. The van der Waals surface area contributed by atoms with E-state index in [4.69, 9.17) is 14.2 Å². The summed E-state index contributed by atoms with van der Waals surface area (Å²) in [5.41, 5.74) is 0. The van der Waals surface area contributed by atoms with Gasteiger partial charge >= 0.3 is 17.9 Å². The molecule has 0 heterocycles.